The Morgan fingerprint density at radius 1 is 1.08 bits per heavy atom. The molecule has 0 aliphatic heterocycles. The molecule has 2 rings (SSSR count). The van der Waals surface area contributed by atoms with Crippen molar-refractivity contribution in [3.05, 3.63) is 66.0 Å². The van der Waals surface area contributed by atoms with Crippen molar-refractivity contribution >= 4 is 17.7 Å². The van der Waals surface area contributed by atoms with Gasteiger partial charge in [-0.05, 0) is 17.7 Å². The Balaban J connectivity index is 2.31. The zero-order valence-electron chi connectivity index (χ0n) is 13.5. The fraction of sp³-hybridized carbons (Fsp3) is 0.250. The molecular formula is C16H18FO7PS. The van der Waals surface area contributed by atoms with Crippen molar-refractivity contribution < 1.29 is 36.4 Å². The molecule has 142 valence electrons. The summed E-state index contributed by atoms with van der Waals surface area (Å²) >= 11 is 0. The van der Waals surface area contributed by atoms with Crippen LogP contribution in [0.5, 0.6) is 5.75 Å². The molecule has 0 bridgehead atoms. The van der Waals surface area contributed by atoms with Crippen LogP contribution in [0, 0.1) is 5.82 Å². The predicted molar refractivity (Wildman–Crippen MR) is 93.0 cm³/mol. The van der Waals surface area contributed by atoms with Crippen LogP contribution in [-0.2, 0) is 21.1 Å². The second-order valence-corrected chi connectivity index (χ2v) is 9.43. The number of halogens is 1. The second kappa shape index (κ2) is 8.28. The van der Waals surface area contributed by atoms with E-state index in [1.165, 1.54) is 18.2 Å². The third kappa shape index (κ3) is 6.19. The lowest BCUT2D eigenvalue weighted by atomic mass is 10.1. The minimum absolute atomic E-state index is 0.0748. The second-order valence-electron chi connectivity index (χ2n) is 5.68. The summed E-state index contributed by atoms with van der Waals surface area (Å²) in [6.45, 7) is 0. The van der Waals surface area contributed by atoms with Crippen LogP contribution < -0.4 is 4.74 Å². The minimum Gasteiger partial charge on any atom is -0.490 e. The first-order valence-electron chi connectivity index (χ1n) is 7.53. The van der Waals surface area contributed by atoms with Crippen molar-refractivity contribution in [3.8, 4) is 5.75 Å². The van der Waals surface area contributed by atoms with E-state index >= 15 is 0 Å². The summed E-state index contributed by atoms with van der Waals surface area (Å²) in [7, 11) is -10.2. The van der Waals surface area contributed by atoms with Crippen molar-refractivity contribution in [3.63, 3.8) is 0 Å². The van der Waals surface area contributed by atoms with E-state index < -0.39 is 41.0 Å². The topological polar surface area (TPSA) is 121 Å². The maximum atomic E-state index is 13.3. The number of benzene rings is 2. The smallest absolute Gasteiger partial charge is 0.346 e. The maximum absolute atomic E-state index is 13.3. The summed E-state index contributed by atoms with van der Waals surface area (Å²) in [6.07, 6.45) is -1.60. The van der Waals surface area contributed by atoms with Gasteiger partial charge in [0.15, 0.2) is 4.99 Å². The Bertz CT molecular complexity index is 882. The van der Waals surface area contributed by atoms with Crippen LogP contribution in [0.1, 0.15) is 12.0 Å². The molecule has 7 nitrogen and oxygen atoms in total. The first-order chi connectivity index (χ1) is 12.1. The highest BCUT2D eigenvalue weighted by Gasteiger charge is 2.42. The zero-order valence-corrected chi connectivity index (χ0v) is 15.2. The van der Waals surface area contributed by atoms with Crippen molar-refractivity contribution in [2.75, 3.05) is 0 Å². The molecule has 2 aromatic carbocycles. The molecule has 2 aromatic rings. The quantitative estimate of drug-likeness (QED) is 0.457. The summed E-state index contributed by atoms with van der Waals surface area (Å²) in [5.41, 5.74) is 0.716. The highest BCUT2D eigenvalue weighted by atomic mass is 32.2. The largest absolute Gasteiger partial charge is 0.490 e. The van der Waals surface area contributed by atoms with Gasteiger partial charge in [0.05, 0.1) is 0 Å². The average molecular weight is 404 g/mol. The van der Waals surface area contributed by atoms with Gasteiger partial charge in [-0.1, -0.05) is 36.4 Å². The molecule has 3 N–H and O–H groups in total. The fourth-order valence-corrected chi connectivity index (χ4v) is 4.80. The molecule has 0 saturated carbocycles. The van der Waals surface area contributed by atoms with Crippen LogP contribution in [0.2, 0.25) is 0 Å². The lowest BCUT2D eigenvalue weighted by molar-refractivity contribution is 0.189. The Labute approximate surface area is 150 Å². The Hall–Kier alpha value is -1.77. The predicted octanol–water partition coefficient (Wildman–Crippen LogP) is 2.60. The molecule has 0 aliphatic rings. The summed E-state index contributed by atoms with van der Waals surface area (Å²) in [5, 5.41) is 0. The Morgan fingerprint density at radius 3 is 2.27 bits per heavy atom. The van der Waals surface area contributed by atoms with Crippen molar-refractivity contribution in [2.24, 2.45) is 0 Å². The van der Waals surface area contributed by atoms with Crippen LogP contribution in [0.25, 0.3) is 0 Å². The van der Waals surface area contributed by atoms with Gasteiger partial charge in [0.1, 0.15) is 17.7 Å². The molecule has 0 spiro atoms. The molecule has 2 unspecified atom stereocenters. The zero-order chi connectivity index (χ0) is 19.4. The van der Waals surface area contributed by atoms with Crippen LogP contribution in [0.15, 0.2) is 54.6 Å². The first kappa shape index (κ1) is 20.5. The summed E-state index contributed by atoms with van der Waals surface area (Å²) < 4.78 is 62.5. The molecule has 0 aromatic heterocycles. The van der Waals surface area contributed by atoms with Crippen molar-refractivity contribution in [1.82, 2.24) is 0 Å². The third-order valence-electron chi connectivity index (χ3n) is 3.59. The average Bonchev–Trinajstić information content (AvgIpc) is 2.51. The van der Waals surface area contributed by atoms with Gasteiger partial charge in [-0.25, -0.2) is 4.39 Å². The molecule has 0 saturated heterocycles. The van der Waals surface area contributed by atoms with Gasteiger partial charge < -0.3 is 14.5 Å². The van der Waals surface area contributed by atoms with E-state index in [-0.39, 0.29) is 12.2 Å². The molecule has 10 heteroatoms. The number of rotatable bonds is 8. The van der Waals surface area contributed by atoms with Crippen LogP contribution in [-0.4, -0.2) is 33.9 Å². The van der Waals surface area contributed by atoms with Gasteiger partial charge in [-0.15, -0.1) is 0 Å². The summed E-state index contributed by atoms with van der Waals surface area (Å²) in [5.74, 6) is -0.506. The van der Waals surface area contributed by atoms with Gasteiger partial charge in [-0.3, -0.25) is 9.12 Å². The van der Waals surface area contributed by atoms with Crippen LogP contribution in [0.4, 0.5) is 4.39 Å². The van der Waals surface area contributed by atoms with Gasteiger partial charge in [0.2, 0.25) is 0 Å². The Morgan fingerprint density at radius 2 is 1.73 bits per heavy atom. The van der Waals surface area contributed by atoms with Gasteiger partial charge in [0.25, 0.3) is 10.1 Å². The SMILES string of the molecule is O=P(O)(O)C(CC(Cc1ccccc1)Oc1cccc(F)c1)S(=O)(=O)O. The Kier molecular flexibility index (Phi) is 6.54. The van der Waals surface area contributed by atoms with Gasteiger partial charge in [0, 0.05) is 18.9 Å². The molecule has 26 heavy (non-hydrogen) atoms. The standard InChI is InChI=1S/C16H18FO7PS/c17-13-7-4-8-14(10-13)24-15(9-12-5-2-1-3-6-12)11-16(25(18,19)20)26(21,22)23/h1-8,10,15-16H,9,11H2,(H2,18,19,20)(H,21,22,23). The summed E-state index contributed by atoms with van der Waals surface area (Å²) in [4.78, 5) is 16.3. The number of hydrogen-bond acceptors (Lipinski definition) is 4. The van der Waals surface area contributed by atoms with Crippen LogP contribution in [0.3, 0.4) is 0 Å². The van der Waals surface area contributed by atoms with Crippen molar-refractivity contribution in [2.45, 2.75) is 23.9 Å². The van der Waals surface area contributed by atoms with E-state index in [1.807, 2.05) is 0 Å². The van der Waals surface area contributed by atoms with E-state index in [0.717, 1.165) is 6.07 Å². The van der Waals surface area contributed by atoms with E-state index in [9.17, 15) is 31.7 Å². The monoisotopic (exact) mass is 404 g/mol. The molecule has 0 aliphatic carbocycles. The molecule has 0 fully saturated rings. The molecule has 0 radical (unpaired) electrons. The van der Waals surface area contributed by atoms with E-state index in [2.05, 4.69) is 0 Å². The number of hydrogen-bond donors (Lipinski definition) is 3. The lowest BCUT2D eigenvalue weighted by Crippen LogP contribution is -2.30. The number of ether oxygens (including phenoxy) is 1. The van der Waals surface area contributed by atoms with Crippen molar-refractivity contribution in [1.29, 1.82) is 0 Å². The third-order valence-corrected chi connectivity index (χ3v) is 7.05. The molecule has 0 heterocycles. The molecule has 0 amide bonds. The molecule has 2 atom stereocenters. The first-order valence-corrected chi connectivity index (χ1v) is 10.7. The van der Waals surface area contributed by atoms with E-state index in [1.54, 1.807) is 30.3 Å². The highest BCUT2D eigenvalue weighted by molar-refractivity contribution is 7.93. The van der Waals surface area contributed by atoms with Crippen LogP contribution >= 0.6 is 7.60 Å². The fourth-order valence-electron chi connectivity index (χ4n) is 2.44. The van der Waals surface area contributed by atoms with Gasteiger partial charge >= 0.3 is 7.60 Å². The maximum Gasteiger partial charge on any atom is 0.346 e. The normalized spacial score (nSPS) is 14.6. The minimum atomic E-state index is -5.16. The molecular weight excluding hydrogens is 386 g/mol. The highest BCUT2D eigenvalue weighted by Crippen LogP contribution is 2.46. The summed E-state index contributed by atoms with van der Waals surface area (Å²) in [6, 6.07) is 13.8. The van der Waals surface area contributed by atoms with Gasteiger partial charge in [-0.2, -0.15) is 8.42 Å². The van der Waals surface area contributed by atoms with E-state index in [4.69, 9.17) is 4.74 Å². The lowest BCUT2D eigenvalue weighted by Gasteiger charge is -2.24. The van der Waals surface area contributed by atoms with E-state index in [0.29, 0.717) is 5.56 Å².